The smallest absolute Gasteiger partial charge is 0.262 e. The summed E-state index contributed by atoms with van der Waals surface area (Å²) in [7, 11) is -4.96. The molecule has 0 heterocycles. The molecule has 2 aromatic carbocycles. The Morgan fingerprint density at radius 1 is 0.889 bits per heavy atom. The summed E-state index contributed by atoms with van der Waals surface area (Å²) in [4.78, 5) is -0.138. The number of sulfonamides is 2. The molecule has 2 N–H and O–H groups in total. The summed E-state index contributed by atoms with van der Waals surface area (Å²) < 4.78 is 53.6. The fraction of sp³-hybridized carbons (Fsp3) is 0.250. The van der Waals surface area contributed by atoms with Crippen molar-refractivity contribution in [2.45, 2.75) is 16.7 Å². The van der Waals surface area contributed by atoms with E-state index >= 15 is 0 Å². The molecule has 0 atom stereocenters. The Labute approximate surface area is 169 Å². The minimum Gasteiger partial charge on any atom is -0.384 e. The van der Waals surface area contributed by atoms with Crippen molar-refractivity contribution in [3.63, 3.8) is 0 Å². The van der Waals surface area contributed by atoms with Gasteiger partial charge in [-0.05, 0) is 43.3 Å². The molecule has 2 rings (SSSR count). The molecule has 0 fully saturated rings. The second-order valence-corrected chi connectivity index (χ2v) is 10.4. The van der Waals surface area contributed by atoms with Crippen LogP contribution >= 0.6 is 23.2 Å². The maximum Gasteiger partial charge on any atom is 0.262 e. The van der Waals surface area contributed by atoms with Gasteiger partial charge in [0.1, 0.15) is 0 Å². The molecule has 0 aliphatic carbocycles. The molecule has 0 saturated heterocycles. The Bertz CT molecular complexity index is 1060. The minimum absolute atomic E-state index is 0.0407. The second-order valence-electron chi connectivity index (χ2n) is 5.71. The van der Waals surface area contributed by atoms with E-state index in [0.29, 0.717) is 12.2 Å². The maximum absolute atomic E-state index is 12.7. The minimum atomic E-state index is -4.02. The fourth-order valence-electron chi connectivity index (χ4n) is 2.17. The van der Waals surface area contributed by atoms with Crippen LogP contribution in [0.2, 0.25) is 10.0 Å². The molecule has 0 aliphatic rings. The molecule has 11 heteroatoms. The van der Waals surface area contributed by atoms with Crippen molar-refractivity contribution in [1.29, 1.82) is 0 Å². The van der Waals surface area contributed by atoms with Crippen LogP contribution in [0.15, 0.2) is 46.2 Å². The molecule has 27 heavy (non-hydrogen) atoms. The van der Waals surface area contributed by atoms with Crippen molar-refractivity contribution >= 4 is 54.6 Å². The van der Waals surface area contributed by atoms with Gasteiger partial charge in [0.25, 0.3) is 10.0 Å². The van der Waals surface area contributed by atoms with Crippen molar-refractivity contribution in [1.82, 2.24) is 4.31 Å². The van der Waals surface area contributed by atoms with Gasteiger partial charge in [0.15, 0.2) is 0 Å². The molecule has 0 amide bonds. The summed E-state index contributed by atoms with van der Waals surface area (Å²) >= 11 is 11.7. The lowest BCUT2D eigenvalue weighted by Crippen LogP contribution is -2.22. The number of nitrogens with zero attached hydrogens (tertiary/aromatic N) is 1. The highest BCUT2D eigenvalue weighted by Crippen LogP contribution is 2.30. The van der Waals surface area contributed by atoms with E-state index < -0.39 is 20.0 Å². The fourth-order valence-corrected chi connectivity index (χ4v) is 4.56. The highest BCUT2D eigenvalue weighted by Gasteiger charge is 2.22. The third kappa shape index (κ3) is 4.85. The third-order valence-corrected chi connectivity index (χ3v) is 7.50. The second kappa shape index (κ2) is 8.24. The van der Waals surface area contributed by atoms with Crippen LogP contribution in [0.4, 0.5) is 11.4 Å². The Morgan fingerprint density at radius 3 is 2.07 bits per heavy atom. The topological polar surface area (TPSA) is 95.6 Å². The summed E-state index contributed by atoms with van der Waals surface area (Å²) in [5.74, 6) is 0. The van der Waals surface area contributed by atoms with Crippen LogP contribution < -0.4 is 10.0 Å². The molecular weight excluding hydrogens is 433 g/mol. The number of rotatable bonds is 7. The molecule has 0 unspecified atom stereocenters. The Hall–Kier alpha value is -1.52. The Morgan fingerprint density at radius 2 is 1.52 bits per heavy atom. The molecule has 7 nitrogen and oxygen atoms in total. The normalized spacial score (nSPS) is 12.2. The lowest BCUT2D eigenvalue weighted by Gasteiger charge is -2.17. The summed E-state index contributed by atoms with van der Waals surface area (Å²) in [6, 6.07) is 8.08. The van der Waals surface area contributed by atoms with Gasteiger partial charge in [0, 0.05) is 20.6 Å². The van der Waals surface area contributed by atoms with E-state index in [1.165, 1.54) is 50.5 Å². The van der Waals surface area contributed by atoms with E-state index in [4.69, 9.17) is 23.2 Å². The SMILES string of the molecule is CCNc1ccc(S(=O)(=O)N(C)C)cc1NS(=O)(=O)c1ccc(Cl)c(Cl)c1. The zero-order chi connectivity index (χ0) is 20.4. The number of anilines is 2. The monoisotopic (exact) mass is 451 g/mol. The van der Waals surface area contributed by atoms with Crippen LogP contribution in [0.5, 0.6) is 0 Å². The van der Waals surface area contributed by atoms with Gasteiger partial charge in [0.05, 0.1) is 31.2 Å². The van der Waals surface area contributed by atoms with E-state index in [1.54, 1.807) is 0 Å². The predicted octanol–water partition coefficient (Wildman–Crippen LogP) is 3.48. The number of halogens is 2. The quantitative estimate of drug-likeness (QED) is 0.671. The van der Waals surface area contributed by atoms with E-state index in [9.17, 15) is 16.8 Å². The van der Waals surface area contributed by atoms with Crippen molar-refractivity contribution in [3.05, 3.63) is 46.4 Å². The lowest BCUT2D eigenvalue weighted by atomic mass is 10.2. The zero-order valence-corrected chi connectivity index (χ0v) is 18.0. The largest absolute Gasteiger partial charge is 0.384 e. The van der Waals surface area contributed by atoms with Gasteiger partial charge >= 0.3 is 0 Å². The van der Waals surface area contributed by atoms with Gasteiger partial charge in [-0.1, -0.05) is 23.2 Å². The average molecular weight is 452 g/mol. The summed E-state index contributed by atoms with van der Waals surface area (Å²) in [6.07, 6.45) is 0. The van der Waals surface area contributed by atoms with Crippen LogP contribution in [-0.2, 0) is 20.0 Å². The molecule has 0 spiro atoms. The van der Waals surface area contributed by atoms with Gasteiger partial charge in [-0.15, -0.1) is 0 Å². The number of hydrogen-bond acceptors (Lipinski definition) is 5. The van der Waals surface area contributed by atoms with Crippen molar-refractivity contribution in [2.75, 3.05) is 30.7 Å². The van der Waals surface area contributed by atoms with Crippen LogP contribution in [0.1, 0.15) is 6.92 Å². The number of nitrogens with one attached hydrogen (secondary N) is 2. The molecule has 0 aliphatic heterocycles. The standard InChI is InChI=1S/C16H19Cl2N3O4S2/c1-4-19-15-8-6-12(27(24,25)21(2)3)10-16(15)20-26(22,23)11-5-7-13(17)14(18)9-11/h5-10,19-20H,4H2,1-3H3. The molecule has 0 radical (unpaired) electrons. The van der Waals surface area contributed by atoms with Gasteiger partial charge in [-0.3, -0.25) is 4.72 Å². The first kappa shape index (κ1) is 21.8. The van der Waals surface area contributed by atoms with E-state index in [0.717, 1.165) is 4.31 Å². The first-order valence-corrected chi connectivity index (χ1v) is 11.4. The molecule has 2 aromatic rings. The molecular formula is C16H19Cl2N3O4S2. The molecule has 148 valence electrons. The maximum atomic E-state index is 12.7. The summed E-state index contributed by atoms with van der Waals surface area (Å²) in [5, 5.41) is 3.31. The molecule has 0 saturated carbocycles. The number of hydrogen-bond donors (Lipinski definition) is 2. The Kier molecular flexibility index (Phi) is 6.64. The molecule has 0 aromatic heterocycles. The third-order valence-electron chi connectivity index (χ3n) is 3.58. The molecule has 0 bridgehead atoms. The first-order chi connectivity index (χ1) is 12.5. The van der Waals surface area contributed by atoms with Gasteiger partial charge in [-0.25, -0.2) is 21.1 Å². The van der Waals surface area contributed by atoms with Crippen molar-refractivity contribution in [2.24, 2.45) is 0 Å². The highest BCUT2D eigenvalue weighted by molar-refractivity contribution is 7.92. The average Bonchev–Trinajstić information content (AvgIpc) is 2.58. The van der Waals surface area contributed by atoms with Gasteiger partial charge in [-0.2, -0.15) is 0 Å². The van der Waals surface area contributed by atoms with E-state index in [2.05, 4.69) is 10.0 Å². The lowest BCUT2D eigenvalue weighted by molar-refractivity contribution is 0.521. The van der Waals surface area contributed by atoms with Crippen LogP contribution in [-0.4, -0.2) is 41.8 Å². The van der Waals surface area contributed by atoms with E-state index in [1.807, 2.05) is 6.92 Å². The van der Waals surface area contributed by atoms with Crippen LogP contribution in [0, 0.1) is 0 Å². The first-order valence-electron chi connectivity index (χ1n) is 7.77. The van der Waals surface area contributed by atoms with Gasteiger partial charge < -0.3 is 5.32 Å². The summed E-state index contributed by atoms with van der Waals surface area (Å²) in [6.45, 7) is 2.35. The van der Waals surface area contributed by atoms with Crippen LogP contribution in [0.25, 0.3) is 0 Å². The highest BCUT2D eigenvalue weighted by atomic mass is 35.5. The van der Waals surface area contributed by atoms with Crippen molar-refractivity contribution in [3.8, 4) is 0 Å². The van der Waals surface area contributed by atoms with Crippen LogP contribution in [0.3, 0.4) is 0 Å². The summed E-state index contributed by atoms with van der Waals surface area (Å²) in [5.41, 5.74) is 0.546. The van der Waals surface area contributed by atoms with Gasteiger partial charge in [0.2, 0.25) is 10.0 Å². The van der Waals surface area contributed by atoms with Crippen molar-refractivity contribution < 1.29 is 16.8 Å². The zero-order valence-electron chi connectivity index (χ0n) is 14.8. The predicted molar refractivity (Wildman–Crippen MR) is 109 cm³/mol. The number of benzene rings is 2. The van der Waals surface area contributed by atoms with E-state index in [-0.39, 0.29) is 25.5 Å². The Balaban J connectivity index is 2.53.